The van der Waals surface area contributed by atoms with E-state index in [-0.39, 0.29) is 0 Å². The predicted octanol–water partition coefficient (Wildman–Crippen LogP) is 2.20. The minimum Gasteiger partial charge on any atom is -0.293 e. The van der Waals surface area contributed by atoms with Gasteiger partial charge in [0.1, 0.15) is 0 Å². The first kappa shape index (κ1) is 7.62. The van der Waals surface area contributed by atoms with Crippen molar-refractivity contribution in [2.45, 2.75) is 13.8 Å². The first-order valence-electron chi connectivity index (χ1n) is 3.46. The summed E-state index contributed by atoms with van der Waals surface area (Å²) >= 11 is 0. The molecule has 56 valence electrons. The number of hydrogen-bond acceptors (Lipinski definition) is 2. The summed E-state index contributed by atoms with van der Waals surface area (Å²) in [6, 6.07) is 5.85. The minimum atomic E-state index is 0.857. The maximum Gasteiger partial charge on any atom is 0.181 e. The van der Waals surface area contributed by atoms with Crippen LogP contribution in [0.25, 0.3) is 0 Å². The third-order valence-corrected chi connectivity index (χ3v) is 1.71. The summed E-state index contributed by atoms with van der Waals surface area (Å²) in [5.74, 6) is 0. The molecule has 1 N–H and O–H groups in total. The van der Waals surface area contributed by atoms with Crippen molar-refractivity contribution in [3.63, 3.8) is 0 Å². The predicted molar refractivity (Wildman–Crippen MR) is 45.2 cm³/mol. The highest BCUT2D eigenvalue weighted by atomic mass is 14.9. The van der Waals surface area contributed by atoms with E-state index in [9.17, 15) is 0 Å². The van der Waals surface area contributed by atoms with Crippen LogP contribution in [0, 0.1) is 25.3 Å². The molecule has 0 aliphatic carbocycles. The van der Waals surface area contributed by atoms with Crippen LogP contribution in [-0.4, -0.2) is 0 Å². The van der Waals surface area contributed by atoms with Gasteiger partial charge < -0.3 is 0 Å². The second kappa shape index (κ2) is 3.07. The molecule has 0 spiro atoms. The van der Waals surface area contributed by atoms with E-state index in [2.05, 4.69) is 5.32 Å². The van der Waals surface area contributed by atoms with Crippen LogP contribution in [0.2, 0.25) is 0 Å². The number of anilines is 1. The Labute approximate surface area is 66.5 Å². The van der Waals surface area contributed by atoms with Crippen molar-refractivity contribution in [1.29, 1.82) is 5.26 Å². The topological polar surface area (TPSA) is 35.8 Å². The Morgan fingerprint density at radius 1 is 1.27 bits per heavy atom. The van der Waals surface area contributed by atoms with Crippen LogP contribution in [0.15, 0.2) is 18.2 Å². The van der Waals surface area contributed by atoms with Crippen molar-refractivity contribution in [1.82, 2.24) is 0 Å². The van der Waals surface area contributed by atoms with E-state index in [4.69, 9.17) is 5.26 Å². The van der Waals surface area contributed by atoms with Gasteiger partial charge in [0.25, 0.3) is 0 Å². The van der Waals surface area contributed by atoms with Crippen molar-refractivity contribution >= 4 is 5.69 Å². The van der Waals surface area contributed by atoms with Gasteiger partial charge in [-0.3, -0.25) is 5.32 Å². The van der Waals surface area contributed by atoms with Crippen molar-refractivity contribution in [3.8, 4) is 6.19 Å². The quantitative estimate of drug-likeness (QED) is 0.487. The van der Waals surface area contributed by atoms with E-state index in [0.717, 1.165) is 5.69 Å². The largest absolute Gasteiger partial charge is 0.293 e. The lowest BCUT2D eigenvalue weighted by molar-refractivity contribution is 1.33. The van der Waals surface area contributed by atoms with E-state index >= 15 is 0 Å². The maximum atomic E-state index is 8.32. The van der Waals surface area contributed by atoms with Crippen molar-refractivity contribution in [2.24, 2.45) is 0 Å². The average Bonchev–Trinajstić information content (AvgIpc) is 1.98. The SMILES string of the molecule is Cc1ccc(NC#N)cc1C. The Bertz CT molecular complexity index is 297. The fourth-order valence-electron chi connectivity index (χ4n) is 0.884. The molecule has 0 fully saturated rings. The minimum absolute atomic E-state index is 0.857. The van der Waals surface area contributed by atoms with Crippen LogP contribution in [0.4, 0.5) is 5.69 Å². The Morgan fingerprint density at radius 2 is 2.00 bits per heavy atom. The molecule has 0 atom stereocenters. The lowest BCUT2D eigenvalue weighted by atomic mass is 10.1. The molecule has 1 rings (SSSR count). The second-order valence-corrected chi connectivity index (χ2v) is 2.54. The smallest absolute Gasteiger partial charge is 0.181 e. The van der Waals surface area contributed by atoms with Crippen LogP contribution < -0.4 is 5.32 Å². The number of hydrogen-bond donors (Lipinski definition) is 1. The van der Waals surface area contributed by atoms with Crippen molar-refractivity contribution < 1.29 is 0 Å². The summed E-state index contributed by atoms with van der Waals surface area (Å²) < 4.78 is 0. The molecule has 2 heteroatoms. The molecule has 0 saturated heterocycles. The first-order chi connectivity index (χ1) is 5.24. The van der Waals surface area contributed by atoms with E-state index in [1.54, 1.807) is 0 Å². The molecule has 1 aromatic carbocycles. The van der Waals surface area contributed by atoms with Gasteiger partial charge in [0.05, 0.1) is 0 Å². The van der Waals surface area contributed by atoms with E-state index in [1.807, 2.05) is 38.2 Å². The van der Waals surface area contributed by atoms with Gasteiger partial charge >= 0.3 is 0 Å². The molecule has 11 heavy (non-hydrogen) atoms. The molecule has 0 radical (unpaired) electrons. The Hall–Kier alpha value is -1.49. The maximum absolute atomic E-state index is 8.32. The molecule has 0 unspecified atom stereocenters. The summed E-state index contributed by atoms with van der Waals surface area (Å²) in [6.07, 6.45) is 1.88. The van der Waals surface area contributed by atoms with Crippen LogP contribution in [-0.2, 0) is 0 Å². The first-order valence-corrected chi connectivity index (χ1v) is 3.46. The standard InChI is InChI=1S/C9H10N2/c1-7-3-4-9(11-6-10)5-8(7)2/h3-5,11H,1-2H3. The molecule has 0 bridgehead atoms. The monoisotopic (exact) mass is 146 g/mol. The average molecular weight is 146 g/mol. The van der Waals surface area contributed by atoms with E-state index in [0.29, 0.717) is 0 Å². The third-order valence-electron chi connectivity index (χ3n) is 1.71. The molecule has 0 saturated carbocycles. The fourth-order valence-corrected chi connectivity index (χ4v) is 0.884. The van der Waals surface area contributed by atoms with Gasteiger partial charge in [0, 0.05) is 5.69 Å². The molecular formula is C9H10N2. The second-order valence-electron chi connectivity index (χ2n) is 2.54. The molecule has 0 aliphatic heterocycles. The molecular weight excluding hydrogens is 136 g/mol. The normalized spacial score (nSPS) is 8.82. The van der Waals surface area contributed by atoms with Gasteiger partial charge in [-0.05, 0) is 37.1 Å². The number of aryl methyl sites for hydroxylation is 2. The van der Waals surface area contributed by atoms with Crippen LogP contribution in [0.5, 0.6) is 0 Å². The zero-order valence-electron chi connectivity index (χ0n) is 6.68. The number of nitriles is 1. The van der Waals surface area contributed by atoms with E-state index < -0.39 is 0 Å². The number of nitrogens with zero attached hydrogens (tertiary/aromatic N) is 1. The van der Waals surface area contributed by atoms with Crippen LogP contribution in [0.1, 0.15) is 11.1 Å². The van der Waals surface area contributed by atoms with Gasteiger partial charge in [-0.2, -0.15) is 5.26 Å². The van der Waals surface area contributed by atoms with Crippen LogP contribution >= 0.6 is 0 Å². The summed E-state index contributed by atoms with van der Waals surface area (Å²) in [5.41, 5.74) is 3.30. The summed E-state index contributed by atoms with van der Waals surface area (Å²) in [5, 5.41) is 10.9. The number of benzene rings is 1. The lowest BCUT2D eigenvalue weighted by Gasteiger charge is -2.01. The van der Waals surface area contributed by atoms with Gasteiger partial charge in [0.15, 0.2) is 6.19 Å². The zero-order valence-corrected chi connectivity index (χ0v) is 6.68. The van der Waals surface area contributed by atoms with Gasteiger partial charge in [0.2, 0.25) is 0 Å². The van der Waals surface area contributed by atoms with E-state index in [1.165, 1.54) is 11.1 Å². The highest BCUT2D eigenvalue weighted by Gasteiger charge is 1.93. The van der Waals surface area contributed by atoms with Crippen LogP contribution in [0.3, 0.4) is 0 Å². The third kappa shape index (κ3) is 1.71. The molecule has 0 aromatic heterocycles. The summed E-state index contributed by atoms with van der Waals surface area (Å²) in [7, 11) is 0. The zero-order chi connectivity index (χ0) is 8.27. The van der Waals surface area contributed by atoms with Gasteiger partial charge in [-0.1, -0.05) is 6.07 Å². The lowest BCUT2D eigenvalue weighted by Crippen LogP contribution is -1.88. The molecule has 0 heterocycles. The molecule has 2 nitrogen and oxygen atoms in total. The molecule has 1 aromatic rings. The highest BCUT2D eigenvalue weighted by Crippen LogP contribution is 2.13. The van der Waals surface area contributed by atoms with Crippen molar-refractivity contribution in [3.05, 3.63) is 29.3 Å². The molecule has 0 amide bonds. The number of rotatable bonds is 1. The van der Waals surface area contributed by atoms with Gasteiger partial charge in [-0.25, -0.2) is 0 Å². The Morgan fingerprint density at radius 3 is 2.55 bits per heavy atom. The molecule has 0 aliphatic rings. The fraction of sp³-hybridized carbons (Fsp3) is 0.222. The number of nitrogens with one attached hydrogen (secondary N) is 1. The summed E-state index contributed by atoms with van der Waals surface area (Å²) in [6.45, 7) is 4.07. The Balaban J connectivity index is 2.98. The Kier molecular flexibility index (Phi) is 2.12. The highest BCUT2D eigenvalue weighted by molar-refractivity contribution is 5.50. The summed E-state index contributed by atoms with van der Waals surface area (Å²) in [4.78, 5) is 0. The van der Waals surface area contributed by atoms with Gasteiger partial charge in [-0.15, -0.1) is 0 Å². The van der Waals surface area contributed by atoms with Crippen molar-refractivity contribution in [2.75, 3.05) is 5.32 Å².